The molecule has 2 heterocycles. The molecule has 9 heteroatoms. The lowest BCUT2D eigenvalue weighted by molar-refractivity contribution is -0.291. The van der Waals surface area contributed by atoms with E-state index in [1.54, 1.807) is 7.11 Å². The summed E-state index contributed by atoms with van der Waals surface area (Å²) in [4.78, 5) is 4.56. The normalized spacial score (nSPS) is 27.9. The van der Waals surface area contributed by atoms with Gasteiger partial charge in [-0.25, -0.2) is 4.99 Å². The second-order valence-corrected chi connectivity index (χ2v) is 9.82. The van der Waals surface area contributed by atoms with Crippen molar-refractivity contribution in [2.45, 2.75) is 47.7 Å². The smallest absolute Gasteiger partial charge is 0.266 e. The highest BCUT2D eigenvalue weighted by molar-refractivity contribution is 6.76. The SMILES string of the molecule is CO[C@H]1O[C@@H]2COC(C(Cl)(Cl)Cl)=N[C@@H]2[C@H](OCc2ccccc2)[C@H]1OCc1ccccc1. The molecule has 0 bridgehead atoms. The highest BCUT2D eigenvalue weighted by Crippen LogP contribution is 2.36. The molecule has 6 nitrogen and oxygen atoms in total. The molecule has 5 atom stereocenters. The van der Waals surface area contributed by atoms with E-state index < -0.39 is 34.4 Å². The first-order chi connectivity index (χ1) is 15.5. The summed E-state index contributed by atoms with van der Waals surface area (Å²) in [7, 11) is 1.57. The molecule has 172 valence electrons. The lowest BCUT2D eigenvalue weighted by Crippen LogP contribution is -2.62. The third-order valence-corrected chi connectivity index (χ3v) is 5.80. The molecule has 0 spiro atoms. The van der Waals surface area contributed by atoms with Crippen LogP contribution < -0.4 is 0 Å². The van der Waals surface area contributed by atoms with E-state index >= 15 is 0 Å². The van der Waals surface area contributed by atoms with Gasteiger partial charge in [0.25, 0.3) is 3.79 Å². The summed E-state index contributed by atoms with van der Waals surface area (Å²) < 4.78 is 28.1. The van der Waals surface area contributed by atoms with E-state index in [0.717, 1.165) is 11.1 Å². The number of alkyl halides is 3. The average molecular weight is 501 g/mol. The standard InChI is InChI=1S/C23H24Cl3NO5/c1-28-21-20(30-13-16-10-6-3-7-11-16)19(29-12-15-8-4-2-5-9-15)18-17(32-21)14-31-22(27-18)23(24,25)26/h2-11,17-21H,12-14H2,1H3/t17-,18+,19+,20-,21+/m1/s1. The van der Waals surface area contributed by atoms with Gasteiger partial charge in [-0.05, 0) is 11.1 Å². The predicted molar refractivity (Wildman–Crippen MR) is 123 cm³/mol. The van der Waals surface area contributed by atoms with E-state index in [-0.39, 0.29) is 12.5 Å². The molecule has 0 saturated carbocycles. The predicted octanol–water partition coefficient (Wildman–Crippen LogP) is 4.70. The van der Waals surface area contributed by atoms with Gasteiger partial charge in [-0.3, -0.25) is 0 Å². The largest absolute Gasteiger partial charge is 0.475 e. The van der Waals surface area contributed by atoms with Crippen molar-refractivity contribution >= 4 is 40.7 Å². The topological polar surface area (TPSA) is 58.5 Å². The molecule has 0 N–H and O–H groups in total. The zero-order chi connectivity index (χ0) is 22.6. The second-order valence-electron chi connectivity index (χ2n) is 7.53. The van der Waals surface area contributed by atoms with Crippen LogP contribution in [0.25, 0.3) is 0 Å². The second kappa shape index (κ2) is 10.7. The summed E-state index contributed by atoms with van der Waals surface area (Å²) in [6, 6.07) is 19.2. The van der Waals surface area contributed by atoms with Crippen molar-refractivity contribution in [3.8, 4) is 0 Å². The average Bonchev–Trinajstić information content (AvgIpc) is 2.81. The van der Waals surface area contributed by atoms with Crippen LogP contribution in [0.5, 0.6) is 0 Å². The lowest BCUT2D eigenvalue weighted by Gasteiger charge is -2.46. The van der Waals surface area contributed by atoms with Crippen molar-refractivity contribution in [1.82, 2.24) is 0 Å². The zero-order valence-electron chi connectivity index (χ0n) is 17.4. The van der Waals surface area contributed by atoms with Gasteiger partial charge in [0.1, 0.15) is 31.0 Å². The first-order valence-electron chi connectivity index (χ1n) is 10.2. The van der Waals surface area contributed by atoms with Crippen molar-refractivity contribution in [1.29, 1.82) is 0 Å². The molecule has 0 amide bonds. The monoisotopic (exact) mass is 499 g/mol. The fourth-order valence-corrected chi connectivity index (χ4v) is 4.07. The van der Waals surface area contributed by atoms with Crippen molar-refractivity contribution in [3.05, 3.63) is 71.8 Å². The fraction of sp³-hybridized carbons (Fsp3) is 0.435. The Balaban J connectivity index is 1.60. The molecule has 2 aromatic carbocycles. The van der Waals surface area contributed by atoms with Crippen molar-refractivity contribution in [2.75, 3.05) is 13.7 Å². The minimum Gasteiger partial charge on any atom is -0.475 e. The molecule has 1 fully saturated rings. The maximum absolute atomic E-state index is 6.36. The number of hydrogen-bond acceptors (Lipinski definition) is 6. The molecule has 0 unspecified atom stereocenters. The number of rotatable bonds is 7. The van der Waals surface area contributed by atoms with Crippen LogP contribution in [-0.2, 0) is 36.9 Å². The van der Waals surface area contributed by atoms with Crippen LogP contribution in [0.2, 0.25) is 0 Å². The number of benzene rings is 2. The van der Waals surface area contributed by atoms with Crippen LogP contribution in [0.15, 0.2) is 65.7 Å². The third kappa shape index (κ3) is 5.75. The summed E-state index contributed by atoms with van der Waals surface area (Å²) in [5, 5.41) is 0. The van der Waals surface area contributed by atoms with Gasteiger partial charge in [0.05, 0.1) is 13.2 Å². The zero-order valence-corrected chi connectivity index (χ0v) is 19.7. The number of aliphatic imine (C=N–C) groups is 1. The Hall–Kier alpha value is -1.38. The Morgan fingerprint density at radius 3 is 2.00 bits per heavy atom. The van der Waals surface area contributed by atoms with E-state index in [9.17, 15) is 0 Å². The van der Waals surface area contributed by atoms with E-state index in [4.69, 9.17) is 58.5 Å². The van der Waals surface area contributed by atoms with E-state index in [1.807, 2.05) is 60.7 Å². The molecule has 0 radical (unpaired) electrons. The molecule has 0 aromatic heterocycles. The first kappa shape index (κ1) is 23.8. The molecule has 2 aromatic rings. The lowest BCUT2D eigenvalue weighted by atomic mass is 9.95. The van der Waals surface area contributed by atoms with E-state index in [0.29, 0.717) is 13.2 Å². The van der Waals surface area contributed by atoms with Crippen LogP contribution in [0.3, 0.4) is 0 Å². The Morgan fingerprint density at radius 2 is 1.47 bits per heavy atom. The summed E-state index contributed by atoms with van der Waals surface area (Å²) in [5.41, 5.74) is 2.03. The molecule has 4 rings (SSSR count). The molecule has 32 heavy (non-hydrogen) atoms. The highest BCUT2D eigenvalue weighted by atomic mass is 35.6. The van der Waals surface area contributed by atoms with E-state index in [1.165, 1.54) is 0 Å². The van der Waals surface area contributed by atoms with Crippen molar-refractivity contribution in [2.24, 2.45) is 4.99 Å². The van der Waals surface area contributed by atoms with Crippen LogP contribution >= 0.6 is 34.8 Å². The Bertz CT molecular complexity index is 894. The van der Waals surface area contributed by atoms with Crippen LogP contribution in [0, 0.1) is 0 Å². The maximum atomic E-state index is 6.36. The van der Waals surface area contributed by atoms with Crippen molar-refractivity contribution < 1.29 is 23.7 Å². The summed E-state index contributed by atoms with van der Waals surface area (Å²) in [5.74, 6) is 0.0123. The number of hydrogen-bond donors (Lipinski definition) is 0. The minimum absolute atomic E-state index is 0.0123. The minimum atomic E-state index is -1.78. The Kier molecular flexibility index (Phi) is 7.95. The summed E-state index contributed by atoms with van der Waals surface area (Å²) >= 11 is 18.1. The third-order valence-electron chi connectivity index (χ3n) is 5.31. The Morgan fingerprint density at radius 1 is 0.906 bits per heavy atom. The van der Waals surface area contributed by atoms with Gasteiger partial charge >= 0.3 is 0 Å². The fourth-order valence-electron chi connectivity index (χ4n) is 3.76. The van der Waals surface area contributed by atoms with Gasteiger partial charge in [-0.2, -0.15) is 0 Å². The number of methoxy groups -OCH3 is 1. The number of nitrogens with zero attached hydrogens (tertiary/aromatic N) is 1. The van der Waals surface area contributed by atoms with Gasteiger partial charge in [0, 0.05) is 7.11 Å². The first-order valence-corrected chi connectivity index (χ1v) is 11.4. The van der Waals surface area contributed by atoms with Gasteiger partial charge < -0.3 is 23.7 Å². The van der Waals surface area contributed by atoms with Gasteiger partial charge in [-0.15, -0.1) is 0 Å². The maximum Gasteiger partial charge on any atom is 0.266 e. The molecule has 2 aliphatic heterocycles. The quantitative estimate of drug-likeness (QED) is 0.516. The molecule has 2 aliphatic rings. The van der Waals surface area contributed by atoms with Crippen LogP contribution in [-0.4, -0.2) is 54.1 Å². The van der Waals surface area contributed by atoms with Gasteiger partial charge in [-0.1, -0.05) is 95.5 Å². The highest BCUT2D eigenvalue weighted by Gasteiger charge is 2.51. The number of ether oxygens (including phenoxy) is 5. The van der Waals surface area contributed by atoms with E-state index in [2.05, 4.69) is 4.99 Å². The van der Waals surface area contributed by atoms with Gasteiger partial charge in [0.2, 0.25) is 5.90 Å². The molecular formula is C23H24Cl3NO5. The number of fused-ring (bicyclic) bond motifs is 1. The molecule has 1 saturated heterocycles. The van der Waals surface area contributed by atoms with Gasteiger partial charge in [0.15, 0.2) is 6.29 Å². The molecule has 0 aliphatic carbocycles. The summed E-state index contributed by atoms with van der Waals surface area (Å²) in [6.07, 6.45) is -2.19. The van der Waals surface area contributed by atoms with Crippen LogP contribution in [0.4, 0.5) is 0 Å². The van der Waals surface area contributed by atoms with Crippen LogP contribution in [0.1, 0.15) is 11.1 Å². The summed E-state index contributed by atoms with van der Waals surface area (Å²) in [6.45, 7) is 0.874. The molecular weight excluding hydrogens is 477 g/mol. The van der Waals surface area contributed by atoms with Crippen molar-refractivity contribution in [3.63, 3.8) is 0 Å². The Labute approximate surface area is 202 Å². The number of halogens is 3.